The summed E-state index contributed by atoms with van der Waals surface area (Å²) in [6.45, 7) is 0.387. The van der Waals surface area contributed by atoms with E-state index < -0.39 is 11.7 Å². The molecule has 142 valence electrons. The molecule has 0 radical (unpaired) electrons. The van der Waals surface area contributed by atoms with Crippen LogP contribution in [-0.2, 0) is 17.5 Å². The van der Waals surface area contributed by atoms with Crippen LogP contribution in [0.25, 0.3) is 11.0 Å². The molecule has 1 heterocycles. The van der Waals surface area contributed by atoms with Crippen molar-refractivity contribution in [2.75, 3.05) is 18.9 Å². The van der Waals surface area contributed by atoms with Crippen molar-refractivity contribution < 1.29 is 18.0 Å². The Morgan fingerprint density at radius 1 is 1.07 bits per heavy atom. The molecular weight excluding hydrogens is 361 g/mol. The minimum absolute atomic E-state index is 0.0583. The highest BCUT2D eigenvalue weighted by molar-refractivity contribution is 5.94. The van der Waals surface area contributed by atoms with Crippen molar-refractivity contribution in [1.29, 1.82) is 0 Å². The van der Waals surface area contributed by atoms with Gasteiger partial charge in [-0.25, -0.2) is 4.79 Å². The number of H-pyrrole nitrogens is 2. The number of benzene rings is 2. The summed E-state index contributed by atoms with van der Waals surface area (Å²) in [5.41, 5.74) is 1.39. The standard InChI is InChI=1S/C18H17F3N4O2/c1-25(9-11-2-4-12(5-3-11)18(19,20)21)10-16(26)22-13-6-7-14-15(8-13)24-17(27)23-14/h2-8H,9-10H2,1H3,(H,22,26)(H2,23,24,27). The fourth-order valence-electron chi connectivity index (χ4n) is 2.72. The largest absolute Gasteiger partial charge is 0.416 e. The zero-order valence-electron chi connectivity index (χ0n) is 14.4. The fourth-order valence-corrected chi connectivity index (χ4v) is 2.72. The van der Waals surface area contributed by atoms with Gasteiger partial charge in [-0.2, -0.15) is 13.2 Å². The number of fused-ring (bicyclic) bond motifs is 1. The molecule has 3 aromatic rings. The molecular formula is C18H17F3N4O2. The number of nitrogens with zero attached hydrogens (tertiary/aromatic N) is 1. The van der Waals surface area contributed by atoms with Gasteiger partial charge in [0.05, 0.1) is 23.1 Å². The van der Waals surface area contributed by atoms with E-state index in [1.807, 2.05) is 0 Å². The number of hydrogen-bond donors (Lipinski definition) is 3. The second-order valence-electron chi connectivity index (χ2n) is 6.25. The van der Waals surface area contributed by atoms with E-state index in [1.165, 1.54) is 12.1 Å². The topological polar surface area (TPSA) is 81.0 Å². The first kappa shape index (κ1) is 18.7. The van der Waals surface area contributed by atoms with E-state index in [0.717, 1.165) is 12.1 Å². The van der Waals surface area contributed by atoms with Crippen LogP contribution < -0.4 is 11.0 Å². The Morgan fingerprint density at radius 2 is 1.74 bits per heavy atom. The van der Waals surface area contributed by atoms with Crippen molar-refractivity contribution >= 4 is 22.6 Å². The van der Waals surface area contributed by atoms with E-state index in [-0.39, 0.29) is 18.1 Å². The maximum Gasteiger partial charge on any atom is 0.416 e. The molecule has 0 fully saturated rings. The molecule has 3 N–H and O–H groups in total. The van der Waals surface area contributed by atoms with Crippen LogP contribution in [0.2, 0.25) is 0 Å². The van der Waals surface area contributed by atoms with E-state index in [9.17, 15) is 22.8 Å². The molecule has 3 rings (SSSR count). The summed E-state index contributed by atoms with van der Waals surface area (Å²) in [6, 6.07) is 9.82. The van der Waals surface area contributed by atoms with E-state index >= 15 is 0 Å². The highest BCUT2D eigenvalue weighted by Gasteiger charge is 2.29. The maximum atomic E-state index is 12.6. The summed E-state index contributed by atoms with van der Waals surface area (Å²) < 4.78 is 37.7. The van der Waals surface area contributed by atoms with Crippen molar-refractivity contribution in [3.05, 3.63) is 64.1 Å². The van der Waals surface area contributed by atoms with Gasteiger partial charge in [0.25, 0.3) is 0 Å². The Hall–Kier alpha value is -3.07. The third-order valence-corrected chi connectivity index (χ3v) is 3.95. The van der Waals surface area contributed by atoms with Gasteiger partial charge in [-0.05, 0) is 42.9 Å². The number of alkyl halides is 3. The summed E-state index contributed by atoms with van der Waals surface area (Å²) >= 11 is 0. The van der Waals surface area contributed by atoms with E-state index in [2.05, 4.69) is 15.3 Å². The predicted octanol–water partition coefficient (Wildman–Crippen LogP) is 2.95. The van der Waals surface area contributed by atoms with E-state index in [1.54, 1.807) is 30.1 Å². The third-order valence-electron chi connectivity index (χ3n) is 3.95. The van der Waals surface area contributed by atoms with Gasteiger partial charge in [-0.1, -0.05) is 12.1 Å². The molecule has 27 heavy (non-hydrogen) atoms. The number of rotatable bonds is 5. The van der Waals surface area contributed by atoms with E-state index in [4.69, 9.17) is 0 Å². The number of imidazole rings is 1. The Labute approximate surface area is 152 Å². The van der Waals surface area contributed by atoms with Crippen molar-refractivity contribution in [2.24, 2.45) is 0 Å². The summed E-state index contributed by atoms with van der Waals surface area (Å²) in [4.78, 5) is 30.3. The number of likely N-dealkylation sites (N-methyl/N-ethyl adjacent to an activating group) is 1. The number of carbonyl (C=O) groups is 1. The number of anilines is 1. The molecule has 0 saturated heterocycles. The van der Waals surface area contributed by atoms with Gasteiger partial charge in [0.15, 0.2) is 0 Å². The normalized spacial score (nSPS) is 11.9. The van der Waals surface area contributed by atoms with E-state index in [0.29, 0.717) is 28.8 Å². The molecule has 6 nitrogen and oxygen atoms in total. The first-order valence-corrected chi connectivity index (χ1v) is 8.07. The third kappa shape index (κ3) is 4.76. The molecule has 0 atom stereocenters. The van der Waals surface area contributed by atoms with Gasteiger partial charge in [-0.3, -0.25) is 9.69 Å². The molecule has 2 aromatic carbocycles. The van der Waals surface area contributed by atoms with Crippen LogP contribution in [0.5, 0.6) is 0 Å². The number of halogens is 3. The van der Waals surface area contributed by atoms with Crippen molar-refractivity contribution in [2.45, 2.75) is 12.7 Å². The lowest BCUT2D eigenvalue weighted by Gasteiger charge is -2.17. The average molecular weight is 378 g/mol. The zero-order valence-corrected chi connectivity index (χ0v) is 14.4. The number of aromatic nitrogens is 2. The van der Waals surface area contributed by atoms with Crippen LogP contribution in [-0.4, -0.2) is 34.4 Å². The Bertz CT molecular complexity index is 1010. The molecule has 0 aliphatic heterocycles. The molecule has 1 aromatic heterocycles. The summed E-state index contributed by atoms with van der Waals surface area (Å²) in [5, 5.41) is 2.72. The lowest BCUT2D eigenvalue weighted by molar-refractivity contribution is -0.137. The Balaban J connectivity index is 1.57. The van der Waals surface area contributed by atoms with Crippen LogP contribution in [0, 0.1) is 0 Å². The average Bonchev–Trinajstić information content (AvgIpc) is 2.93. The minimum Gasteiger partial charge on any atom is -0.325 e. The van der Waals surface area contributed by atoms with Crippen molar-refractivity contribution in [1.82, 2.24) is 14.9 Å². The number of amides is 1. The Kier molecular flexibility index (Phi) is 5.04. The van der Waals surface area contributed by atoms with Crippen LogP contribution in [0.3, 0.4) is 0 Å². The molecule has 0 spiro atoms. The highest BCUT2D eigenvalue weighted by Crippen LogP contribution is 2.29. The van der Waals surface area contributed by atoms with Gasteiger partial charge in [0.1, 0.15) is 0 Å². The summed E-state index contributed by atoms with van der Waals surface area (Å²) in [5.74, 6) is -0.276. The monoisotopic (exact) mass is 378 g/mol. The zero-order chi connectivity index (χ0) is 19.6. The smallest absolute Gasteiger partial charge is 0.325 e. The second kappa shape index (κ2) is 7.28. The van der Waals surface area contributed by atoms with Crippen molar-refractivity contribution in [3.63, 3.8) is 0 Å². The van der Waals surface area contributed by atoms with Gasteiger partial charge >= 0.3 is 11.9 Å². The lowest BCUT2D eigenvalue weighted by Crippen LogP contribution is -2.29. The van der Waals surface area contributed by atoms with Gasteiger partial charge in [0.2, 0.25) is 5.91 Å². The molecule has 0 aliphatic rings. The number of nitrogens with one attached hydrogen (secondary N) is 3. The minimum atomic E-state index is -4.37. The first-order chi connectivity index (χ1) is 12.7. The lowest BCUT2D eigenvalue weighted by atomic mass is 10.1. The van der Waals surface area contributed by atoms with Crippen LogP contribution in [0.15, 0.2) is 47.3 Å². The highest BCUT2D eigenvalue weighted by atomic mass is 19.4. The summed E-state index contributed by atoms with van der Waals surface area (Å²) in [6.07, 6.45) is -4.37. The van der Waals surface area contributed by atoms with Crippen LogP contribution >= 0.6 is 0 Å². The number of carbonyl (C=O) groups excluding carboxylic acids is 1. The molecule has 0 unspecified atom stereocenters. The molecule has 0 bridgehead atoms. The van der Waals surface area contributed by atoms with Gasteiger partial charge in [-0.15, -0.1) is 0 Å². The maximum absolute atomic E-state index is 12.6. The van der Waals surface area contributed by atoms with Gasteiger partial charge < -0.3 is 15.3 Å². The van der Waals surface area contributed by atoms with Crippen molar-refractivity contribution in [3.8, 4) is 0 Å². The fraction of sp³-hybridized carbons (Fsp3) is 0.222. The molecule has 0 saturated carbocycles. The number of aromatic amines is 2. The SMILES string of the molecule is CN(CC(=O)Nc1ccc2[nH]c(=O)[nH]c2c1)Cc1ccc(C(F)(F)F)cc1. The summed E-state index contributed by atoms with van der Waals surface area (Å²) in [7, 11) is 1.70. The molecule has 0 aliphatic carbocycles. The second-order valence-corrected chi connectivity index (χ2v) is 6.25. The van der Waals surface area contributed by atoms with Crippen LogP contribution in [0.4, 0.5) is 18.9 Å². The Morgan fingerprint density at radius 3 is 2.41 bits per heavy atom. The molecule has 1 amide bonds. The first-order valence-electron chi connectivity index (χ1n) is 8.07. The quantitative estimate of drug-likeness (QED) is 0.639. The van der Waals surface area contributed by atoms with Crippen LogP contribution in [0.1, 0.15) is 11.1 Å². The predicted molar refractivity (Wildman–Crippen MR) is 95.3 cm³/mol. The van der Waals surface area contributed by atoms with Gasteiger partial charge in [0, 0.05) is 12.2 Å². The number of hydrogen-bond acceptors (Lipinski definition) is 3. The molecule has 9 heteroatoms.